The van der Waals surface area contributed by atoms with Crippen LogP contribution in [0.5, 0.6) is 0 Å². The molecule has 0 bridgehead atoms. The van der Waals surface area contributed by atoms with Gasteiger partial charge in [0.05, 0.1) is 6.61 Å². The smallest absolute Gasteiger partial charge is 0.126 e. The largest absolute Gasteiger partial charge is 0.396 e. The third kappa shape index (κ3) is 2.12. The minimum Gasteiger partial charge on any atom is -0.396 e. The number of anilines is 1. The van der Waals surface area contributed by atoms with Gasteiger partial charge in [0.25, 0.3) is 0 Å². The van der Waals surface area contributed by atoms with Crippen molar-refractivity contribution in [1.29, 1.82) is 0 Å². The Hall–Kier alpha value is -1.09. The van der Waals surface area contributed by atoms with E-state index in [0.29, 0.717) is 6.04 Å². The number of aromatic nitrogens is 1. The first-order valence-corrected chi connectivity index (χ1v) is 5.53. The molecule has 0 radical (unpaired) electrons. The molecule has 1 fully saturated rings. The molecule has 2 N–H and O–H groups in total. The monoisotopic (exact) mass is 206 g/mol. The van der Waals surface area contributed by atoms with Crippen molar-refractivity contribution in [3.8, 4) is 0 Å². The maximum absolute atomic E-state index is 9.41. The van der Waals surface area contributed by atoms with Crippen LogP contribution in [0.15, 0.2) is 24.4 Å². The van der Waals surface area contributed by atoms with Crippen LogP contribution in [0, 0.1) is 5.41 Å². The second-order valence-corrected chi connectivity index (χ2v) is 4.62. The number of aliphatic hydroxyl groups excluding tert-OH is 1. The standard InChI is InChI=1S/C12H18N2O/c1-12(9-15)7-4-5-10(12)14-11-6-2-3-8-13-11/h2-3,6,8,10,15H,4-5,7,9H2,1H3,(H,13,14). The number of nitrogens with zero attached hydrogens (tertiary/aromatic N) is 1. The summed E-state index contributed by atoms with van der Waals surface area (Å²) in [5, 5.41) is 12.8. The van der Waals surface area contributed by atoms with Gasteiger partial charge in [-0.3, -0.25) is 0 Å². The third-order valence-electron chi connectivity index (χ3n) is 3.43. The molecule has 2 rings (SSSR count). The molecule has 0 saturated heterocycles. The van der Waals surface area contributed by atoms with Crippen molar-refractivity contribution in [1.82, 2.24) is 4.98 Å². The topological polar surface area (TPSA) is 45.1 Å². The van der Waals surface area contributed by atoms with Crippen molar-refractivity contribution in [2.24, 2.45) is 5.41 Å². The van der Waals surface area contributed by atoms with E-state index in [1.54, 1.807) is 6.20 Å². The minimum absolute atomic E-state index is 0.0114. The SMILES string of the molecule is CC1(CO)CCCC1Nc1ccccn1. The average molecular weight is 206 g/mol. The predicted molar refractivity (Wildman–Crippen MR) is 60.7 cm³/mol. The van der Waals surface area contributed by atoms with Gasteiger partial charge in [0, 0.05) is 17.7 Å². The Labute approximate surface area is 90.5 Å². The van der Waals surface area contributed by atoms with Gasteiger partial charge in [-0.2, -0.15) is 0 Å². The number of aliphatic hydroxyl groups is 1. The van der Waals surface area contributed by atoms with E-state index in [2.05, 4.69) is 17.2 Å². The Kier molecular flexibility index (Phi) is 2.91. The summed E-state index contributed by atoms with van der Waals surface area (Å²) in [4.78, 5) is 4.25. The third-order valence-corrected chi connectivity index (χ3v) is 3.43. The highest BCUT2D eigenvalue weighted by molar-refractivity contribution is 5.35. The lowest BCUT2D eigenvalue weighted by Crippen LogP contribution is -2.36. The molecule has 1 aromatic heterocycles. The fourth-order valence-corrected chi connectivity index (χ4v) is 2.30. The molecule has 0 aliphatic heterocycles. The van der Waals surface area contributed by atoms with E-state index < -0.39 is 0 Å². The van der Waals surface area contributed by atoms with Crippen molar-refractivity contribution >= 4 is 5.82 Å². The van der Waals surface area contributed by atoms with Crippen LogP contribution in [0.3, 0.4) is 0 Å². The van der Waals surface area contributed by atoms with E-state index in [1.165, 1.54) is 6.42 Å². The molecule has 0 amide bonds. The highest BCUT2D eigenvalue weighted by atomic mass is 16.3. The molecule has 0 aromatic carbocycles. The highest BCUT2D eigenvalue weighted by Gasteiger charge is 2.38. The molecule has 3 heteroatoms. The molecular weight excluding hydrogens is 188 g/mol. The van der Waals surface area contributed by atoms with Gasteiger partial charge in [-0.25, -0.2) is 4.98 Å². The Morgan fingerprint density at radius 3 is 3.13 bits per heavy atom. The van der Waals surface area contributed by atoms with Gasteiger partial charge in [-0.05, 0) is 25.0 Å². The second-order valence-electron chi connectivity index (χ2n) is 4.62. The van der Waals surface area contributed by atoms with E-state index in [1.807, 2.05) is 18.2 Å². The van der Waals surface area contributed by atoms with Crippen LogP contribution in [0.2, 0.25) is 0 Å². The lowest BCUT2D eigenvalue weighted by molar-refractivity contribution is 0.139. The van der Waals surface area contributed by atoms with Crippen molar-refractivity contribution in [3.05, 3.63) is 24.4 Å². The number of rotatable bonds is 3. The Bertz CT molecular complexity index is 315. The summed E-state index contributed by atoms with van der Waals surface area (Å²) in [6.45, 7) is 2.39. The lowest BCUT2D eigenvalue weighted by atomic mass is 9.86. The summed E-state index contributed by atoms with van der Waals surface area (Å²) in [5.41, 5.74) is 0.0114. The first-order valence-electron chi connectivity index (χ1n) is 5.53. The van der Waals surface area contributed by atoms with Crippen LogP contribution < -0.4 is 5.32 Å². The van der Waals surface area contributed by atoms with Crippen LogP contribution >= 0.6 is 0 Å². The zero-order valence-electron chi connectivity index (χ0n) is 9.11. The molecule has 2 unspecified atom stereocenters. The van der Waals surface area contributed by atoms with E-state index in [4.69, 9.17) is 0 Å². The van der Waals surface area contributed by atoms with E-state index in [0.717, 1.165) is 18.7 Å². The fourth-order valence-electron chi connectivity index (χ4n) is 2.30. The van der Waals surface area contributed by atoms with Gasteiger partial charge in [-0.15, -0.1) is 0 Å². The number of hydrogen-bond acceptors (Lipinski definition) is 3. The molecule has 82 valence electrons. The van der Waals surface area contributed by atoms with Crippen LogP contribution in [-0.2, 0) is 0 Å². The second kappa shape index (κ2) is 4.19. The quantitative estimate of drug-likeness (QED) is 0.795. The Morgan fingerprint density at radius 2 is 2.47 bits per heavy atom. The molecular formula is C12H18N2O. The van der Waals surface area contributed by atoms with Crippen molar-refractivity contribution in [3.63, 3.8) is 0 Å². The molecule has 1 aliphatic rings. The molecule has 1 aliphatic carbocycles. The average Bonchev–Trinajstić information content (AvgIpc) is 2.63. The molecule has 2 atom stereocenters. The van der Waals surface area contributed by atoms with Crippen molar-refractivity contribution in [2.75, 3.05) is 11.9 Å². The fraction of sp³-hybridized carbons (Fsp3) is 0.583. The van der Waals surface area contributed by atoms with Gasteiger partial charge < -0.3 is 10.4 Å². The van der Waals surface area contributed by atoms with Crippen LogP contribution in [-0.4, -0.2) is 22.7 Å². The summed E-state index contributed by atoms with van der Waals surface area (Å²) in [5.74, 6) is 0.907. The maximum Gasteiger partial charge on any atom is 0.126 e. The zero-order chi connectivity index (χ0) is 10.7. The van der Waals surface area contributed by atoms with Gasteiger partial charge in [0.1, 0.15) is 5.82 Å². The summed E-state index contributed by atoms with van der Waals surface area (Å²) in [7, 11) is 0. The maximum atomic E-state index is 9.41. The van der Waals surface area contributed by atoms with Crippen molar-refractivity contribution in [2.45, 2.75) is 32.2 Å². The van der Waals surface area contributed by atoms with Gasteiger partial charge in [0.15, 0.2) is 0 Å². The molecule has 1 saturated carbocycles. The van der Waals surface area contributed by atoms with Gasteiger partial charge >= 0.3 is 0 Å². The molecule has 3 nitrogen and oxygen atoms in total. The Morgan fingerprint density at radius 1 is 1.60 bits per heavy atom. The first kappa shape index (κ1) is 10.4. The number of pyridine rings is 1. The predicted octanol–water partition coefficient (Wildman–Crippen LogP) is 2.04. The van der Waals surface area contributed by atoms with E-state index in [-0.39, 0.29) is 12.0 Å². The normalized spacial score (nSPS) is 30.4. The summed E-state index contributed by atoms with van der Waals surface area (Å²) in [6.07, 6.45) is 5.18. The molecule has 15 heavy (non-hydrogen) atoms. The number of hydrogen-bond donors (Lipinski definition) is 2. The number of nitrogens with one attached hydrogen (secondary N) is 1. The summed E-state index contributed by atoms with van der Waals surface area (Å²) in [6, 6.07) is 6.19. The van der Waals surface area contributed by atoms with Gasteiger partial charge in [0.2, 0.25) is 0 Å². The van der Waals surface area contributed by atoms with Gasteiger partial charge in [-0.1, -0.05) is 19.4 Å². The minimum atomic E-state index is 0.0114. The first-order chi connectivity index (χ1) is 7.24. The van der Waals surface area contributed by atoms with E-state index in [9.17, 15) is 5.11 Å². The molecule has 1 heterocycles. The Balaban J connectivity index is 2.06. The van der Waals surface area contributed by atoms with Crippen LogP contribution in [0.1, 0.15) is 26.2 Å². The summed E-state index contributed by atoms with van der Waals surface area (Å²) >= 11 is 0. The van der Waals surface area contributed by atoms with E-state index >= 15 is 0 Å². The zero-order valence-corrected chi connectivity index (χ0v) is 9.11. The lowest BCUT2D eigenvalue weighted by Gasteiger charge is -2.30. The highest BCUT2D eigenvalue weighted by Crippen LogP contribution is 2.38. The molecule has 0 spiro atoms. The van der Waals surface area contributed by atoms with Crippen molar-refractivity contribution < 1.29 is 5.11 Å². The van der Waals surface area contributed by atoms with Crippen LogP contribution in [0.4, 0.5) is 5.82 Å². The summed E-state index contributed by atoms with van der Waals surface area (Å²) < 4.78 is 0. The molecule has 1 aromatic rings. The van der Waals surface area contributed by atoms with Crippen LogP contribution in [0.25, 0.3) is 0 Å².